The molecule has 0 saturated carbocycles. The third kappa shape index (κ3) is 5.10. The van der Waals surface area contributed by atoms with Gasteiger partial charge in [0, 0.05) is 6.20 Å². The monoisotopic (exact) mass is 353 g/mol. The number of para-hydroxylation sites is 1. The van der Waals surface area contributed by atoms with Crippen LogP contribution >= 0.6 is 11.6 Å². The SMILES string of the molecule is CCc1ccc(C(C)NC(=O)/C(C#N)=C\Nc2ccccc2Cl)cc1. The van der Waals surface area contributed by atoms with Crippen molar-refractivity contribution < 1.29 is 4.79 Å². The van der Waals surface area contributed by atoms with Crippen molar-refractivity contribution >= 4 is 23.2 Å². The van der Waals surface area contributed by atoms with Crippen molar-refractivity contribution in [2.75, 3.05) is 5.32 Å². The lowest BCUT2D eigenvalue weighted by Crippen LogP contribution is -2.28. The summed E-state index contributed by atoms with van der Waals surface area (Å²) in [6.07, 6.45) is 2.33. The lowest BCUT2D eigenvalue weighted by Gasteiger charge is -2.14. The molecule has 0 aliphatic heterocycles. The Morgan fingerprint density at radius 2 is 1.92 bits per heavy atom. The summed E-state index contributed by atoms with van der Waals surface area (Å²) in [6.45, 7) is 3.98. The first-order valence-electron chi connectivity index (χ1n) is 8.06. The van der Waals surface area contributed by atoms with Crippen molar-refractivity contribution in [1.82, 2.24) is 5.32 Å². The number of nitriles is 1. The zero-order chi connectivity index (χ0) is 18.2. The van der Waals surface area contributed by atoms with Crippen LogP contribution in [-0.2, 0) is 11.2 Å². The van der Waals surface area contributed by atoms with Gasteiger partial charge in [0.05, 0.1) is 16.8 Å². The molecule has 1 atom stereocenters. The minimum Gasteiger partial charge on any atom is -0.359 e. The molecule has 2 N–H and O–H groups in total. The number of hydrogen-bond donors (Lipinski definition) is 2. The highest BCUT2D eigenvalue weighted by Crippen LogP contribution is 2.20. The van der Waals surface area contributed by atoms with Gasteiger partial charge in [0.15, 0.2) is 0 Å². The number of anilines is 1. The predicted molar refractivity (Wildman–Crippen MR) is 101 cm³/mol. The predicted octanol–water partition coefficient (Wildman–Crippen LogP) is 4.60. The standard InChI is InChI=1S/C20H20ClN3O/c1-3-15-8-10-16(11-9-15)14(2)24-20(25)17(12-22)13-23-19-7-5-4-6-18(19)21/h4-11,13-14,23H,3H2,1-2H3,(H,24,25)/b17-13-. The van der Waals surface area contributed by atoms with E-state index in [1.165, 1.54) is 11.8 Å². The summed E-state index contributed by atoms with van der Waals surface area (Å²) in [5.74, 6) is -0.436. The van der Waals surface area contributed by atoms with Crippen LogP contribution in [0.1, 0.15) is 31.0 Å². The first-order chi connectivity index (χ1) is 12.0. The zero-order valence-corrected chi connectivity index (χ0v) is 15.0. The molecule has 0 heterocycles. The third-order valence-electron chi connectivity index (χ3n) is 3.85. The second-order valence-electron chi connectivity index (χ2n) is 5.58. The first kappa shape index (κ1) is 18.6. The number of nitrogens with one attached hydrogen (secondary N) is 2. The molecule has 1 unspecified atom stereocenters. The number of rotatable bonds is 6. The molecule has 0 aliphatic carbocycles. The second-order valence-corrected chi connectivity index (χ2v) is 5.99. The van der Waals surface area contributed by atoms with Crippen molar-refractivity contribution in [3.05, 3.63) is 76.5 Å². The van der Waals surface area contributed by atoms with Crippen LogP contribution in [0.5, 0.6) is 0 Å². The largest absolute Gasteiger partial charge is 0.359 e. The van der Waals surface area contributed by atoms with Crippen LogP contribution in [0.4, 0.5) is 5.69 Å². The van der Waals surface area contributed by atoms with Crippen molar-refractivity contribution in [2.45, 2.75) is 26.3 Å². The van der Waals surface area contributed by atoms with E-state index >= 15 is 0 Å². The number of carbonyl (C=O) groups is 1. The molecular weight excluding hydrogens is 334 g/mol. The van der Waals surface area contributed by atoms with Gasteiger partial charge in [-0.2, -0.15) is 5.26 Å². The molecule has 0 aliphatic rings. The molecule has 128 valence electrons. The summed E-state index contributed by atoms with van der Waals surface area (Å²) in [5, 5.41) is 15.5. The Kier molecular flexibility index (Phi) is 6.62. The summed E-state index contributed by atoms with van der Waals surface area (Å²) in [5.41, 5.74) is 2.84. The molecule has 25 heavy (non-hydrogen) atoms. The van der Waals surface area contributed by atoms with Crippen LogP contribution in [0.3, 0.4) is 0 Å². The number of carbonyl (C=O) groups excluding carboxylic acids is 1. The van der Waals surface area contributed by atoms with Gasteiger partial charge >= 0.3 is 0 Å². The fourth-order valence-corrected chi connectivity index (χ4v) is 2.47. The summed E-state index contributed by atoms with van der Waals surface area (Å²) < 4.78 is 0. The Morgan fingerprint density at radius 3 is 2.52 bits per heavy atom. The number of aryl methyl sites for hydroxylation is 1. The molecule has 2 aromatic carbocycles. The maximum Gasteiger partial charge on any atom is 0.263 e. The highest BCUT2D eigenvalue weighted by molar-refractivity contribution is 6.33. The van der Waals surface area contributed by atoms with Crippen LogP contribution in [0, 0.1) is 11.3 Å². The molecular formula is C20H20ClN3O. The molecule has 0 radical (unpaired) electrons. The van der Waals surface area contributed by atoms with Crippen LogP contribution in [0.25, 0.3) is 0 Å². The number of hydrogen-bond acceptors (Lipinski definition) is 3. The minimum absolute atomic E-state index is 0.0167. The Balaban J connectivity index is 2.05. The maximum atomic E-state index is 12.3. The summed E-state index contributed by atoms with van der Waals surface area (Å²) >= 11 is 6.04. The Labute approximate surface area is 153 Å². The van der Waals surface area contributed by atoms with E-state index in [4.69, 9.17) is 11.6 Å². The van der Waals surface area contributed by atoms with Crippen LogP contribution in [0.15, 0.2) is 60.3 Å². The van der Waals surface area contributed by atoms with Gasteiger partial charge in [-0.1, -0.05) is 54.9 Å². The maximum absolute atomic E-state index is 12.3. The number of amides is 1. The van der Waals surface area contributed by atoms with Gasteiger partial charge in [-0.15, -0.1) is 0 Å². The first-order valence-corrected chi connectivity index (χ1v) is 8.44. The van der Waals surface area contributed by atoms with E-state index in [-0.39, 0.29) is 11.6 Å². The van der Waals surface area contributed by atoms with E-state index in [0.29, 0.717) is 10.7 Å². The Morgan fingerprint density at radius 1 is 1.24 bits per heavy atom. The van der Waals surface area contributed by atoms with Crippen molar-refractivity contribution in [3.8, 4) is 6.07 Å². The minimum atomic E-state index is -0.436. The smallest absolute Gasteiger partial charge is 0.263 e. The summed E-state index contributed by atoms with van der Waals surface area (Å²) in [6, 6.07) is 16.9. The van der Waals surface area contributed by atoms with Crippen molar-refractivity contribution in [3.63, 3.8) is 0 Å². The number of halogens is 1. The molecule has 4 nitrogen and oxygen atoms in total. The molecule has 2 rings (SSSR count). The van der Waals surface area contributed by atoms with E-state index in [1.807, 2.05) is 43.3 Å². The van der Waals surface area contributed by atoms with Crippen molar-refractivity contribution in [1.29, 1.82) is 5.26 Å². The fraction of sp³-hybridized carbons (Fsp3) is 0.200. The van der Waals surface area contributed by atoms with E-state index in [2.05, 4.69) is 17.6 Å². The lowest BCUT2D eigenvalue weighted by atomic mass is 10.0. The molecule has 0 saturated heterocycles. The van der Waals surface area contributed by atoms with Crippen LogP contribution in [0.2, 0.25) is 5.02 Å². The quantitative estimate of drug-likeness (QED) is 0.589. The molecule has 1 amide bonds. The van der Waals surface area contributed by atoms with Crippen molar-refractivity contribution in [2.24, 2.45) is 0 Å². The average Bonchev–Trinajstić information content (AvgIpc) is 2.63. The number of nitrogens with zero attached hydrogens (tertiary/aromatic N) is 1. The van der Waals surface area contributed by atoms with E-state index in [9.17, 15) is 10.1 Å². The summed E-state index contributed by atoms with van der Waals surface area (Å²) in [7, 11) is 0. The average molecular weight is 354 g/mol. The van der Waals surface area contributed by atoms with E-state index in [0.717, 1.165) is 12.0 Å². The highest BCUT2D eigenvalue weighted by Gasteiger charge is 2.14. The van der Waals surface area contributed by atoms with Gasteiger partial charge in [-0.3, -0.25) is 4.79 Å². The molecule has 0 fully saturated rings. The fourth-order valence-electron chi connectivity index (χ4n) is 2.28. The van der Waals surface area contributed by atoms with Gasteiger partial charge < -0.3 is 10.6 Å². The van der Waals surface area contributed by atoms with Gasteiger partial charge in [0.1, 0.15) is 11.6 Å². The van der Waals surface area contributed by atoms with Gasteiger partial charge in [0.25, 0.3) is 5.91 Å². The normalized spacial score (nSPS) is 12.2. The molecule has 0 bridgehead atoms. The molecule has 5 heteroatoms. The molecule has 0 aromatic heterocycles. The zero-order valence-electron chi connectivity index (χ0n) is 14.2. The third-order valence-corrected chi connectivity index (χ3v) is 4.18. The van der Waals surface area contributed by atoms with E-state index in [1.54, 1.807) is 18.2 Å². The van der Waals surface area contributed by atoms with Gasteiger partial charge in [-0.05, 0) is 36.6 Å². The Bertz CT molecular complexity index is 806. The molecule has 0 spiro atoms. The number of benzene rings is 2. The highest BCUT2D eigenvalue weighted by atomic mass is 35.5. The topological polar surface area (TPSA) is 64.9 Å². The van der Waals surface area contributed by atoms with Gasteiger partial charge in [-0.25, -0.2) is 0 Å². The lowest BCUT2D eigenvalue weighted by molar-refractivity contribution is -0.117. The second kappa shape index (κ2) is 8.91. The summed E-state index contributed by atoms with van der Waals surface area (Å²) in [4.78, 5) is 12.3. The van der Waals surface area contributed by atoms with Gasteiger partial charge in [0.2, 0.25) is 0 Å². The van der Waals surface area contributed by atoms with Crippen LogP contribution in [-0.4, -0.2) is 5.91 Å². The Hall–Kier alpha value is -2.77. The molecule has 2 aromatic rings. The van der Waals surface area contributed by atoms with Crippen LogP contribution < -0.4 is 10.6 Å². The van der Waals surface area contributed by atoms with E-state index < -0.39 is 5.91 Å².